The Bertz CT molecular complexity index is 313. The van der Waals surface area contributed by atoms with Gasteiger partial charge >= 0.3 is 5.97 Å². The van der Waals surface area contributed by atoms with E-state index in [-0.39, 0.29) is 17.7 Å². The largest absolute Gasteiger partial charge is 0.480 e. The molecule has 5 nitrogen and oxygen atoms in total. The molecule has 2 aliphatic heterocycles. The minimum Gasteiger partial charge on any atom is -0.480 e. The Hall–Kier alpha value is -1.10. The SMILES string of the molecule is CC1CCN(C(=O)C2CCNCC2)C1C(=O)O. The smallest absolute Gasteiger partial charge is 0.326 e. The van der Waals surface area contributed by atoms with Gasteiger partial charge in [-0.15, -0.1) is 0 Å². The molecule has 2 aliphatic rings. The van der Waals surface area contributed by atoms with Crippen LogP contribution in [0.5, 0.6) is 0 Å². The highest BCUT2D eigenvalue weighted by molar-refractivity contribution is 5.86. The predicted molar refractivity (Wildman–Crippen MR) is 62.5 cm³/mol. The van der Waals surface area contributed by atoms with Gasteiger partial charge in [-0.05, 0) is 38.3 Å². The summed E-state index contributed by atoms with van der Waals surface area (Å²) in [6.07, 6.45) is 2.46. The maximum absolute atomic E-state index is 12.3. The van der Waals surface area contributed by atoms with Crippen molar-refractivity contribution in [3.63, 3.8) is 0 Å². The molecule has 2 fully saturated rings. The van der Waals surface area contributed by atoms with E-state index in [1.165, 1.54) is 0 Å². The van der Waals surface area contributed by atoms with Gasteiger partial charge in [-0.25, -0.2) is 4.79 Å². The summed E-state index contributed by atoms with van der Waals surface area (Å²) in [5.41, 5.74) is 0. The van der Waals surface area contributed by atoms with E-state index < -0.39 is 12.0 Å². The van der Waals surface area contributed by atoms with Crippen LogP contribution >= 0.6 is 0 Å². The number of carboxylic acids is 1. The van der Waals surface area contributed by atoms with Crippen LogP contribution in [0.25, 0.3) is 0 Å². The Balaban J connectivity index is 2.05. The zero-order chi connectivity index (χ0) is 12.4. The summed E-state index contributed by atoms with van der Waals surface area (Å²) < 4.78 is 0. The first-order chi connectivity index (χ1) is 8.11. The third-order valence-corrected chi connectivity index (χ3v) is 3.92. The fourth-order valence-corrected chi connectivity index (χ4v) is 2.87. The first-order valence-corrected chi connectivity index (χ1v) is 6.35. The highest BCUT2D eigenvalue weighted by atomic mass is 16.4. The number of nitrogens with one attached hydrogen (secondary N) is 1. The van der Waals surface area contributed by atoms with Crippen molar-refractivity contribution in [2.45, 2.75) is 32.2 Å². The van der Waals surface area contributed by atoms with E-state index >= 15 is 0 Å². The van der Waals surface area contributed by atoms with E-state index in [1.54, 1.807) is 4.90 Å². The number of aliphatic carboxylic acids is 1. The molecule has 0 saturated carbocycles. The Morgan fingerprint density at radius 1 is 1.24 bits per heavy atom. The number of amides is 1. The monoisotopic (exact) mass is 240 g/mol. The van der Waals surface area contributed by atoms with E-state index in [0.29, 0.717) is 6.54 Å². The second-order valence-electron chi connectivity index (χ2n) is 5.10. The molecule has 0 bridgehead atoms. The van der Waals surface area contributed by atoms with Gasteiger partial charge in [0.1, 0.15) is 6.04 Å². The molecule has 96 valence electrons. The molecule has 0 aliphatic carbocycles. The summed E-state index contributed by atoms with van der Waals surface area (Å²) in [6, 6.07) is -0.614. The van der Waals surface area contributed by atoms with Crippen LogP contribution in [0, 0.1) is 11.8 Å². The number of hydrogen-bond acceptors (Lipinski definition) is 3. The number of rotatable bonds is 2. The number of likely N-dealkylation sites (tertiary alicyclic amines) is 1. The summed E-state index contributed by atoms with van der Waals surface area (Å²) in [5.74, 6) is -0.734. The first-order valence-electron chi connectivity index (χ1n) is 6.35. The summed E-state index contributed by atoms with van der Waals surface area (Å²) in [7, 11) is 0. The van der Waals surface area contributed by atoms with Gasteiger partial charge in [0.2, 0.25) is 5.91 Å². The van der Waals surface area contributed by atoms with Gasteiger partial charge in [0.25, 0.3) is 0 Å². The molecule has 0 aromatic rings. The van der Waals surface area contributed by atoms with Crippen LogP contribution in [0.15, 0.2) is 0 Å². The lowest BCUT2D eigenvalue weighted by molar-refractivity contribution is -0.151. The van der Waals surface area contributed by atoms with Crippen molar-refractivity contribution in [1.82, 2.24) is 10.2 Å². The van der Waals surface area contributed by atoms with Gasteiger partial charge in [0.05, 0.1) is 0 Å². The van der Waals surface area contributed by atoms with Crippen molar-refractivity contribution < 1.29 is 14.7 Å². The maximum atomic E-state index is 12.3. The van der Waals surface area contributed by atoms with E-state index in [2.05, 4.69) is 5.32 Å². The molecule has 2 rings (SSSR count). The summed E-state index contributed by atoms with van der Waals surface area (Å²) in [6.45, 7) is 4.23. The predicted octanol–water partition coefficient (Wildman–Crippen LogP) is 0.308. The second-order valence-corrected chi connectivity index (χ2v) is 5.10. The Kier molecular flexibility index (Phi) is 3.66. The number of carbonyl (C=O) groups excluding carboxylic acids is 1. The zero-order valence-corrected chi connectivity index (χ0v) is 10.2. The summed E-state index contributed by atoms with van der Waals surface area (Å²) in [4.78, 5) is 25.1. The average molecular weight is 240 g/mol. The van der Waals surface area contributed by atoms with E-state index in [9.17, 15) is 14.7 Å². The molecule has 2 saturated heterocycles. The number of piperidine rings is 1. The van der Waals surface area contributed by atoms with Crippen LogP contribution in [0.3, 0.4) is 0 Å². The van der Waals surface area contributed by atoms with Gasteiger partial charge in [0, 0.05) is 12.5 Å². The van der Waals surface area contributed by atoms with Crippen LogP contribution in [0.4, 0.5) is 0 Å². The molecule has 0 aromatic heterocycles. The molecule has 0 spiro atoms. The third kappa shape index (κ3) is 2.44. The molecule has 0 aromatic carbocycles. The van der Waals surface area contributed by atoms with Crippen molar-refractivity contribution in [3.05, 3.63) is 0 Å². The normalized spacial score (nSPS) is 30.5. The van der Waals surface area contributed by atoms with Crippen LogP contribution in [0.2, 0.25) is 0 Å². The Morgan fingerprint density at radius 2 is 1.88 bits per heavy atom. The average Bonchev–Trinajstić information content (AvgIpc) is 2.71. The maximum Gasteiger partial charge on any atom is 0.326 e. The van der Waals surface area contributed by atoms with Gasteiger partial charge in [0.15, 0.2) is 0 Å². The van der Waals surface area contributed by atoms with Gasteiger partial charge in [-0.1, -0.05) is 6.92 Å². The van der Waals surface area contributed by atoms with Gasteiger partial charge in [-0.3, -0.25) is 4.79 Å². The minimum absolute atomic E-state index is 0.0170. The topological polar surface area (TPSA) is 69.6 Å². The fraction of sp³-hybridized carbons (Fsp3) is 0.833. The molecule has 2 N–H and O–H groups in total. The van der Waals surface area contributed by atoms with Gasteiger partial charge < -0.3 is 15.3 Å². The summed E-state index contributed by atoms with van der Waals surface area (Å²) >= 11 is 0. The fourth-order valence-electron chi connectivity index (χ4n) is 2.87. The second kappa shape index (κ2) is 5.04. The highest BCUT2D eigenvalue weighted by Crippen LogP contribution is 2.27. The lowest BCUT2D eigenvalue weighted by Gasteiger charge is -2.30. The van der Waals surface area contributed by atoms with Crippen molar-refractivity contribution in [2.24, 2.45) is 11.8 Å². The van der Waals surface area contributed by atoms with Crippen LogP contribution in [-0.2, 0) is 9.59 Å². The van der Waals surface area contributed by atoms with Gasteiger partial charge in [-0.2, -0.15) is 0 Å². The zero-order valence-electron chi connectivity index (χ0n) is 10.2. The number of hydrogen-bond donors (Lipinski definition) is 2. The molecule has 2 heterocycles. The third-order valence-electron chi connectivity index (χ3n) is 3.92. The van der Waals surface area contributed by atoms with E-state index in [4.69, 9.17) is 0 Å². The molecule has 0 radical (unpaired) electrons. The molecule has 2 atom stereocenters. The molecular formula is C12H20N2O3. The van der Waals surface area contributed by atoms with Crippen LogP contribution in [-0.4, -0.2) is 47.6 Å². The van der Waals surface area contributed by atoms with Crippen LogP contribution in [0.1, 0.15) is 26.2 Å². The van der Waals surface area contributed by atoms with Crippen molar-refractivity contribution >= 4 is 11.9 Å². The number of nitrogens with zero attached hydrogens (tertiary/aromatic N) is 1. The molecule has 2 unspecified atom stereocenters. The first kappa shape index (κ1) is 12.4. The molecular weight excluding hydrogens is 220 g/mol. The lowest BCUT2D eigenvalue weighted by Crippen LogP contribution is -2.47. The molecule has 1 amide bonds. The molecule has 5 heteroatoms. The van der Waals surface area contributed by atoms with Crippen LogP contribution < -0.4 is 5.32 Å². The number of carbonyl (C=O) groups is 2. The van der Waals surface area contributed by atoms with E-state index in [1.807, 2.05) is 6.92 Å². The minimum atomic E-state index is -0.864. The lowest BCUT2D eigenvalue weighted by atomic mass is 9.95. The molecule has 17 heavy (non-hydrogen) atoms. The Labute approximate surface area is 101 Å². The highest BCUT2D eigenvalue weighted by Gasteiger charge is 2.41. The van der Waals surface area contributed by atoms with Crippen molar-refractivity contribution in [2.75, 3.05) is 19.6 Å². The van der Waals surface area contributed by atoms with Crippen molar-refractivity contribution in [3.8, 4) is 0 Å². The van der Waals surface area contributed by atoms with Crippen molar-refractivity contribution in [1.29, 1.82) is 0 Å². The quantitative estimate of drug-likeness (QED) is 0.728. The standard InChI is InChI=1S/C12H20N2O3/c1-8-4-7-14(10(8)12(16)17)11(15)9-2-5-13-6-3-9/h8-10,13H,2-7H2,1H3,(H,16,17). The Morgan fingerprint density at radius 3 is 2.47 bits per heavy atom. The summed E-state index contributed by atoms with van der Waals surface area (Å²) in [5, 5.41) is 12.4. The number of carboxylic acid groups (broad SMARTS) is 1. The van der Waals surface area contributed by atoms with E-state index in [0.717, 1.165) is 32.4 Å².